The van der Waals surface area contributed by atoms with Crippen LogP contribution in [0.4, 0.5) is 13.2 Å². The zero-order chi connectivity index (χ0) is 12.8. The highest BCUT2D eigenvalue weighted by Crippen LogP contribution is 2.14. The van der Waals surface area contributed by atoms with Crippen LogP contribution in [0.25, 0.3) is 0 Å². The number of carbonyl (C=O) groups is 2. The second kappa shape index (κ2) is 6.47. The molecular weight excluding hydrogens is 229 g/mol. The van der Waals surface area contributed by atoms with E-state index in [-0.39, 0.29) is 13.0 Å². The molecule has 94 valence electrons. The lowest BCUT2D eigenvalue weighted by Gasteiger charge is -2.09. The Morgan fingerprint density at radius 3 is 2.31 bits per heavy atom. The van der Waals surface area contributed by atoms with Gasteiger partial charge < -0.3 is 9.47 Å². The van der Waals surface area contributed by atoms with Gasteiger partial charge in [-0.3, -0.25) is 9.59 Å². The molecule has 0 spiro atoms. The van der Waals surface area contributed by atoms with E-state index in [1.54, 1.807) is 0 Å². The monoisotopic (exact) mass is 242 g/mol. The van der Waals surface area contributed by atoms with Gasteiger partial charge in [0, 0.05) is 6.42 Å². The first-order chi connectivity index (χ1) is 7.28. The Labute approximate surface area is 90.7 Å². The summed E-state index contributed by atoms with van der Waals surface area (Å²) in [5.74, 6) is -2.19. The fraction of sp³-hybridized carbons (Fsp3) is 0.778. The lowest BCUT2D eigenvalue weighted by molar-refractivity contribution is -0.175. The van der Waals surface area contributed by atoms with Crippen LogP contribution < -0.4 is 0 Å². The summed E-state index contributed by atoms with van der Waals surface area (Å²) in [7, 11) is 1.13. The van der Waals surface area contributed by atoms with Gasteiger partial charge in [-0.25, -0.2) is 0 Å². The zero-order valence-electron chi connectivity index (χ0n) is 8.97. The summed E-state index contributed by atoms with van der Waals surface area (Å²) in [6.45, 7) is -0.426. The Morgan fingerprint density at radius 2 is 1.88 bits per heavy atom. The fourth-order valence-corrected chi connectivity index (χ4v) is 0.885. The van der Waals surface area contributed by atoms with Gasteiger partial charge in [0.15, 0.2) is 0 Å². The molecule has 0 aromatic carbocycles. The molecule has 0 aromatic heterocycles. The predicted molar refractivity (Wildman–Crippen MR) is 47.7 cm³/mol. The van der Waals surface area contributed by atoms with Crippen molar-refractivity contribution in [2.24, 2.45) is 5.92 Å². The van der Waals surface area contributed by atoms with E-state index >= 15 is 0 Å². The molecule has 0 saturated carbocycles. The van der Waals surface area contributed by atoms with Crippen molar-refractivity contribution in [3.05, 3.63) is 0 Å². The topological polar surface area (TPSA) is 52.6 Å². The molecule has 1 atom stereocenters. The number of esters is 1. The minimum atomic E-state index is -4.41. The van der Waals surface area contributed by atoms with Crippen molar-refractivity contribution in [1.82, 2.24) is 0 Å². The zero-order valence-corrected chi connectivity index (χ0v) is 8.97. The Balaban J connectivity index is 3.78. The third-order valence-corrected chi connectivity index (χ3v) is 1.80. The number of carbonyl (C=O) groups excluding carboxylic acids is 2. The number of halogens is 3. The molecule has 0 amide bonds. The molecule has 0 fully saturated rings. The van der Waals surface area contributed by atoms with Gasteiger partial charge in [0.05, 0.1) is 13.7 Å². The number of hydrogen-bond donors (Lipinski definition) is 0. The summed E-state index contributed by atoms with van der Waals surface area (Å²) in [5.41, 5.74) is 0. The molecule has 4 nitrogen and oxygen atoms in total. The van der Waals surface area contributed by atoms with Gasteiger partial charge in [0.2, 0.25) is 0 Å². The highest BCUT2D eigenvalue weighted by molar-refractivity contribution is 5.98. The molecule has 1 unspecified atom stereocenters. The largest absolute Gasteiger partial charge is 0.468 e. The van der Waals surface area contributed by atoms with E-state index in [2.05, 4.69) is 9.47 Å². The minimum absolute atomic E-state index is 0.244. The summed E-state index contributed by atoms with van der Waals surface area (Å²) in [6, 6.07) is 0. The molecule has 0 aliphatic rings. The molecule has 0 N–H and O–H groups in total. The molecule has 16 heavy (non-hydrogen) atoms. The van der Waals surface area contributed by atoms with Gasteiger partial charge >= 0.3 is 12.1 Å². The smallest absolute Gasteiger partial charge is 0.411 e. The molecule has 0 heterocycles. The summed E-state index contributed by atoms with van der Waals surface area (Å²) in [4.78, 5) is 22.1. The van der Waals surface area contributed by atoms with Crippen LogP contribution in [0.5, 0.6) is 0 Å². The van der Waals surface area contributed by atoms with Crippen LogP contribution in [0.1, 0.15) is 13.3 Å². The maximum atomic E-state index is 11.6. The average Bonchev–Trinajstić information content (AvgIpc) is 2.20. The van der Waals surface area contributed by atoms with Gasteiger partial charge in [-0.15, -0.1) is 0 Å². The summed E-state index contributed by atoms with van der Waals surface area (Å²) < 4.78 is 43.5. The second-order valence-corrected chi connectivity index (χ2v) is 3.13. The van der Waals surface area contributed by atoms with Crippen molar-refractivity contribution in [3.63, 3.8) is 0 Å². The van der Waals surface area contributed by atoms with E-state index < -0.39 is 30.5 Å². The molecule has 0 aliphatic heterocycles. The van der Waals surface area contributed by atoms with Gasteiger partial charge in [-0.2, -0.15) is 13.2 Å². The molecule has 0 bridgehead atoms. The molecule has 0 rings (SSSR count). The van der Waals surface area contributed by atoms with E-state index in [0.717, 1.165) is 7.11 Å². The average molecular weight is 242 g/mol. The number of rotatable bonds is 6. The van der Waals surface area contributed by atoms with E-state index in [1.165, 1.54) is 6.92 Å². The second-order valence-electron chi connectivity index (χ2n) is 3.13. The van der Waals surface area contributed by atoms with Crippen LogP contribution in [0, 0.1) is 5.92 Å². The van der Waals surface area contributed by atoms with E-state index in [1.807, 2.05) is 0 Å². The highest BCUT2D eigenvalue weighted by atomic mass is 19.4. The highest BCUT2D eigenvalue weighted by Gasteiger charge is 2.28. The van der Waals surface area contributed by atoms with Crippen LogP contribution in [0.15, 0.2) is 0 Å². The Morgan fingerprint density at radius 1 is 1.31 bits per heavy atom. The normalized spacial score (nSPS) is 13.3. The first-order valence-electron chi connectivity index (χ1n) is 4.53. The minimum Gasteiger partial charge on any atom is -0.468 e. The van der Waals surface area contributed by atoms with Crippen LogP contribution in [0.3, 0.4) is 0 Å². The van der Waals surface area contributed by atoms with Crippen LogP contribution in [-0.2, 0) is 19.1 Å². The fourth-order valence-electron chi connectivity index (χ4n) is 0.885. The molecular formula is C9H13F3O4. The number of alkyl halides is 3. The van der Waals surface area contributed by atoms with E-state index in [4.69, 9.17) is 0 Å². The van der Waals surface area contributed by atoms with Gasteiger partial charge in [-0.1, -0.05) is 0 Å². The molecule has 0 aliphatic carbocycles. The number of ketones is 1. The molecule has 0 radical (unpaired) electrons. The quantitative estimate of drug-likeness (QED) is 0.400. The first-order valence-corrected chi connectivity index (χ1v) is 4.53. The van der Waals surface area contributed by atoms with Crippen molar-refractivity contribution in [3.8, 4) is 0 Å². The van der Waals surface area contributed by atoms with E-state index in [0.29, 0.717) is 0 Å². The van der Waals surface area contributed by atoms with Crippen LogP contribution >= 0.6 is 0 Å². The molecule has 0 aromatic rings. The maximum Gasteiger partial charge on any atom is 0.411 e. The van der Waals surface area contributed by atoms with Crippen molar-refractivity contribution in [1.29, 1.82) is 0 Å². The summed E-state index contributed by atoms with van der Waals surface area (Å²) in [6.07, 6.45) is -4.65. The van der Waals surface area contributed by atoms with Crippen molar-refractivity contribution < 1.29 is 32.2 Å². The van der Waals surface area contributed by atoms with Crippen LogP contribution in [-0.4, -0.2) is 38.3 Å². The Kier molecular flexibility index (Phi) is 6.02. The standard InChI is InChI=1S/C9H13F3O4/c1-6(8(14)15-2)7(13)3-4-16-5-9(10,11)12/h6H,3-5H2,1-2H3. The molecule has 0 saturated heterocycles. The van der Waals surface area contributed by atoms with Gasteiger partial charge in [0.1, 0.15) is 18.3 Å². The van der Waals surface area contributed by atoms with E-state index in [9.17, 15) is 22.8 Å². The summed E-state index contributed by atoms with van der Waals surface area (Å²) in [5, 5.41) is 0. The first kappa shape index (κ1) is 14.9. The van der Waals surface area contributed by atoms with Gasteiger partial charge in [-0.05, 0) is 6.92 Å². The maximum absolute atomic E-state index is 11.6. The van der Waals surface area contributed by atoms with Crippen molar-refractivity contribution >= 4 is 11.8 Å². The predicted octanol–water partition coefficient (Wildman–Crippen LogP) is 1.33. The van der Waals surface area contributed by atoms with Gasteiger partial charge in [0.25, 0.3) is 0 Å². The number of methoxy groups -OCH3 is 1. The SMILES string of the molecule is COC(=O)C(C)C(=O)CCOCC(F)(F)F. The third kappa shape index (κ3) is 6.39. The number of hydrogen-bond acceptors (Lipinski definition) is 4. The Hall–Kier alpha value is -1.11. The number of Topliss-reactive ketones (excluding diaryl/α,β-unsaturated/α-hetero) is 1. The Bertz CT molecular complexity index is 250. The van der Waals surface area contributed by atoms with Crippen LogP contribution in [0.2, 0.25) is 0 Å². The van der Waals surface area contributed by atoms with Crippen molar-refractivity contribution in [2.75, 3.05) is 20.3 Å². The third-order valence-electron chi connectivity index (χ3n) is 1.80. The van der Waals surface area contributed by atoms with Crippen molar-refractivity contribution in [2.45, 2.75) is 19.5 Å². The number of ether oxygens (including phenoxy) is 2. The molecule has 7 heteroatoms. The lowest BCUT2D eigenvalue weighted by atomic mass is 10.1. The lowest BCUT2D eigenvalue weighted by Crippen LogP contribution is -2.24. The summed E-state index contributed by atoms with van der Waals surface area (Å²) >= 11 is 0.